The van der Waals surface area contributed by atoms with E-state index in [-0.39, 0.29) is 0 Å². The number of hydrogen-bond acceptors (Lipinski definition) is 4. The fraction of sp³-hybridized carbons (Fsp3) is 0.571. The van der Waals surface area contributed by atoms with Crippen LogP contribution in [0.2, 0.25) is 0 Å². The first kappa shape index (κ1) is 11.5. The Bertz CT molecular complexity index is 163. The van der Waals surface area contributed by atoms with E-state index >= 15 is 0 Å². The second kappa shape index (κ2) is 7.13. The second-order valence-corrected chi connectivity index (χ2v) is 4.22. The zero-order valence-corrected chi connectivity index (χ0v) is 9.35. The van der Waals surface area contributed by atoms with Crippen molar-refractivity contribution < 1.29 is 0 Å². The molecule has 4 heteroatoms. The topological polar surface area (TPSA) is 12.4 Å². The molecule has 0 aliphatic carbocycles. The maximum Gasteiger partial charge on any atom is 0.0818 e. The number of aliphatic imine (C=N–C) groups is 1. The van der Waals surface area contributed by atoms with Gasteiger partial charge in [-0.25, -0.2) is 0 Å². The molecule has 0 rings (SSSR count). The number of thiol groups is 2. The summed E-state index contributed by atoms with van der Waals surface area (Å²) < 4.78 is 0. The van der Waals surface area contributed by atoms with Crippen molar-refractivity contribution in [3.63, 3.8) is 0 Å². The van der Waals surface area contributed by atoms with Gasteiger partial charge in [0.25, 0.3) is 0 Å². The number of rotatable bonds is 4. The predicted octanol–water partition coefficient (Wildman–Crippen LogP) is 2.86. The average molecular weight is 207 g/mol. The van der Waals surface area contributed by atoms with E-state index in [0.29, 0.717) is 5.88 Å². The van der Waals surface area contributed by atoms with Gasteiger partial charge in [-0.05, 0) is 24.8 Å². The maximum absolute atomic E-state index is 4.11. The minimum absolute atomic E-state index is 0.557. The third kappa shape index (κ3) is 6.84. The molecule has 0 fully saturated rings. The molecule has 0 aliphatic heterocycles. The minimum Gasteiger partial charge on any atom is -0.280 e. The van der Waals surface area contributed by atoms with E-state index in [9.17, 15) is 0 Å². The first-order valence-corrected chi connectivity index (χ1v) is 5.49. The highest BCUT2D eigenvalue weighted by Gasteiger charge is 1.88. The molecule has 0 saturated heterocycles. The first-order chi connectivity index (χ1) is 5.20. The van der Waals surface area contributed by atoms with Crippen LogP contribution in [0.1, 0.15) is 13.8 Å². The molecule has 0 heterocycles. The SMILES string of the molecule is CC(/C=C(/C)SCS)=NCS. The number of allylic oxidation sites excluding steroid dienone is 2. The van der Waals surface area contributed by atoms with Crippen molar-refractivity contribution in [2.45, 2.75) is 13.8 Å². The molecular formula is C7H13NS3. The summed E-state index contributed by atoms with van der Waals surface area (Å²) in [5.74, 6) is 0.557. The van der Waals surface area contributed by atoms with Crippen LogP contribution in [-0.2, 0) is 0 Å². The van der Waals surface area contributed by atoms with Crippen LogP contribution in [0.4, 0.5) is 0 Å². The van der Waals surface area contributed by atoms with Crippen LogP contribution in [-0.4, -0.2) is 16.7 Å². The molecule has 0 amide bonds. The number of thioether (sulfide) groups is 1. The van der Waals surface area contributed by atoms with Gasteiger partial charge in [-0.15, -0.1) is 11.8 Å². The minimum atomic E-state index is 0.557. The highest BCUT2D eigenvalue weighted by atomic mass is 32.2. The molecule has 0 N–H and O–H groups in total. The Morgan fingerprint density at radius 2 is 2.09 bits per heavy atom. The van der Waals surface area contributed by atoms with Crippen molar-refractivity contribution in [2.24, 2.45) is 4.99 Å². The lowest BCUT2D eigenvalue weighted by atomic mass is 10.4. The van der Waals surface area contributed by atoms with Gasteiger partial charge < -0.3 is 0 Å². The Kier molecular flexibility index (Phi) is 7.43. The van der Waals surface area contributed by atoms with Crippen molar-refractivity contribution in [3.05, 3.63) is 11.0 Å². The van der Waals surface area contributed by atoms with E-state index in [1.807, 2.05) is 13.0 Å². The van der Waals surface area contributed by atoms with Gasteiger partial charge in [0.1, 0.15) is 0 Å². The molecule has 64 valence electrons. The van der Waals surface area contributed by atoms with Crippen molar-refractivity contribution >= 4 is 42.7 Å². The molecule has 0 aromatic rings. The third-order valence-electron chi connectivity index (χ3n) is 1.02. The number of nitrogens with zero attached hydrogens (tertiary/aromatic N) is 1. The smallest absolute Gasteiger partial charge is 0.0818 e. The maximum atomic E-state index is 4.11. The van der Waals surface area contributed by atoms with Crippen LogP contribution in [0.25, 0.3) is 0 Å². The normalized spacial score (nSPS) is 13.8. The van der Waals surface area contributed by atoms with Gasteiger partial charge in [-0.2, -0.15) is 25.3 Å². The molecule has 0 bridgehead atoms. The Hall–Kier alpha value is 0.460. The van der Waals surface area contributed by atoms with Gasteiger partial charge in [-0.3, -0.25) is 4.99 Å². The molecular weight excluding hydrogens is 194 g/mol. The van der Waals surface area contributed by atoms with Crippen molar-refractivity contribution in [1.82, 2.24) is 0 Å². The zero-order chi connectivity index (χ0) is 8.69. The van der Waals surface area contributed by atoms with Gasteiger partial charge in [-0.1, -0.05) is 0 Å². The zero-order valence-electron chi connectivity index (χ0n) is 6.74. The van der Waals surface area contributed by atoms with Crippen LogP contribution < -0.4 is 0 Å². The van der Waals surface area contributed by atoms with E-state index in [1.54, 1.807) is 11.8 Å². The molecule has 11 heavy (non-hydrogen) atoms. The van der Waals surface area contributed by atoms with E-state index in [4.69, 9.17) is 0 Å². The van der Waals surface area contributed by atoms with Gasteiger partial charge in [0, 0.05) is 10.8 Å². The molecule has 0 radical (unpaired) electrons. The lowest BCUT2D eigenvalue weighted by Gasteiger charge is -1.96. The third-order valence-corrected chi connectivity index (χ3v) is 2.26. The lowest BCUT2D eigenvalue weighted by molar-refractivity contribution is 1.37. The Labute approximate surface area is 83.6 Å². The van der Waals surface area contributed by atoms with Gasteiger partial charge in [0.15, 0.2) is 0 Å². The molecule has 0 aliphatic rings. The van der Waals surface area contributed by atoms with Crippen molar-refractivity contribution in [3.8, 4) is 0 Å². The summed E-state index contributed by atoms with van der Waals surface area (Å²) >= 11 is 9.80. The molecule has 0 spiro atoms. The van der Waals surface area contributed by atoms with E-state index in [0.717, 1.165) is 10.8 Å². The van der Waals surface area contributed by atoms with Crippen LogP contribution in [0.3, 0.4) is 0 Å². The van der Waals surface area contributed by atoms with Crippen LogP contribution in [0.5, 0.6) is 0 Å². The largest absolute Gasteiger partial charge is 0.280 e. The van der Waals surface area contributed by atoms with Gasteiger partial charge in [0.05, 0.1) is 5.88 Å². The Morgan fingerprint density at radius 1 is 1.45 bits per heavy atom. The van der Waals surface area contributed by atoms with Crippen LogP contribution in [0.15, 0.2) is 16.0 Å². The fourth-order valence-corrected chi connectivity index (χ4v) is 1.89. The van der Waals surface area contributed by atoms with E-state index < -0.39 is 0 Å². The Balaban J connectivity index is 3.96. The summed E-state index contributed by atoms with van der Waals surface area (Å²) in [6.45, 7) is 4.03. The number of hydrogen-bond donors (Lipinski definition) is 2. The standard InChI is InChI=1S/C7H13NS3/c1-6(8-4-9)3-7(2)11-5-10/h3,9-10H,4-5H2,1-2H3/b7-3-,8-6?. The van der Waals surface area contributed by atoms with Crippen molar-refractivity contribution in [1.29, 1.82) is 0 Å². The summed E-state index contributed by atoms with van der Waals surface area (Å²) in [5.41, 5.74) is 1.02. The van der Waals surface area contributed by atoms with Crippen LogP contribution in [0, 0.1) is 0 Å². The molecule has 0 aromatic heterocycles. The van der Waals surface area contributed by atoms with Crippen LogP contribution >= 0.6 is 37.0 Å². The average Bonchev–Trinajstić information content (AvgIpc) is 1.87. The molecule has 0 unspecified atom stereocenters. The highest BCUT2D eigenvalue weighted by molar-refractivity contribution is 8.11. The van der Waals surface area contributed by atoms with Gasteiger partial charge >= 0.3 is 0 Å². The molecule has 0 atom stereocenters. The summed E-state index contributed by atoms with van der Waals surface area (Å²) in [4.78, 5) is 5.35. The van der Waals surface area contributed by atoms with Gasteiger partial charge in [0.2, 0.25) is 0 Å². The molecule has 0 aromatic carbocycles. The van der Waals surface area contributed by atoms with E-state index in [2.05, 4.69) is 37.2 Å². The summed E-state index contributed by atoms with van der Waals surface area (Å²) in [6, 6.07) is 0. The fourth-order valence-electron chi connectivity index (χ4n) is 0.595. The summed E-state index contributed by atoms with van der Waals surface area (Å²) in [5, 5.41) is 0.816. The Morgan fingerprint density at radius 3 is 2.55 bits per heavy atom. The molecule has 0 saturated carbocycles. The quantitative estimate of drug-likeness (QED) is 0.410. The predicted molar refractivity (Wildman–Crippen MR) is 62.2 cm³/mol. The second-order valence-electron chi connectivity index (χ2n) is 1.97. The van der Waals surface area contributed by atoms with Crippen molar-refractivity contribution in [2.75, 3.05) is 11.0 Å². The molecule has 1 nitrogen and oxygen atoms in total. The monoisotopic (exact) mass is 207 g/mol. The summed E-state index contributed by atoms with van der Waals surface area (Å²) in [7, 11) is 0. The lowest BCUT2D eigenvalue weighted by Crippen LogP contribution is -1.86. The summed E-state index contributed by atoms with van der Waals surface area (Å²) in [6.07, 6.45) is 2.04. The highest BCUT2D eigenvalue weighted by Crippen LogP contribution is 2.15. The first-order valence-electron chi connectivity index (χ1n) is 3.24. The van der Waals surface area contributed by atoms with E-state index in [1.165, 1.54) is 4.91 Å².